The summed E-state index contributed by atoms with van der Waals surface area (Å²) in [6.07, 6.45) is -4.55. The number of hydrogen-bond donors (Lipinski definition) is 1. The minimum atomic E-state index is -4.55. The van der Waals surface area contributed by atoms with Gasteiger partial charge in [0.1, 0.15) is 0 Å². The van der Waals surface area contributed by atoms with Crippen LogP contribution < -0.4 is 5.32 Å². The van der Waals surface area contributed by atoms with Crippen LogP contribution in [0.3, 0.4) is 0 Å². The van der Waals surface area contributed by atoms with E-state index in [1.54, 1.807) is 6.92 Å². The van der Waals surface area contributed by atoms with Crippen molar-refractivity contribution in [3.8, 4) is 6.07 Å². The highest BCUT2D eigenvalue weighted by Gasteiger charge is 2.40. The van der Waals surface area contributed by atoms with Crippen molar-refractivity contribution in [3.05, 3.63) is 0 Å². The van der Waals surface area contributed by atoms with Gasteiger partial charge in [0.05, 0.1) is 12.6 Å². The van der Waals surface area contributed by atoms with Crippen LogP contribution >= 0.6 is 0 Å². The Balaban J connectivity index is 4.18. The molecule has 0 aromatic heterocycles. The molecule has 0 bridgehead atoms. The zero-order chi connectivity index (χ0) is 12.8. The Morgan fingerprint density at radius 3 is 2.50 bits per heavy atom. The van der Waals surface area contributed by atoms with Crippen molar-refractivity contribution in [1.29, 1.82) is 5.26 Å². The van der Waals surface area contributed by atoms with Crippen LogP contribution in [0.1, 0.15) is 6.92 Å². The maximum Gasteiger partial charge on any atom is 0.405 e. The number of carbonyl (C=O) groups is 1. The number of amides is 1. The molecular formula is C9H14F3N3O. The van der Waals surface area contributed by atoms with Crippen molar-refractivity contribution in [3.63, 3.8) is 0 Å². The third-order valence-electron chi connectivity index (χ3n) is 1.83. The maximum atomic E-state index is 12.2. The lowest BCUT2D eigenvalue weighted by Gasteiger charge is -2.20. The van der Waals surface area contributed by atoms with E-state index in [1.807, 2.05) is 0 Å². The SMILES string of the molecule is CCNC(=O)CN(C)CC(C#N)C(F)(F)F. The molecule has 1 N–H and O–H groups in total. The molecule has 0 aliphatic carbocycles. The van der Waals surface area contributed by atoms with Gasteiger partial charge in [-0.1, -0.05) is 0 Å². The smallest absolute Gasteiger partial charge is 0.355 e. The number of hydrogen-bond acceptors (Lipinski definition) is 3. The van der Waals surface area contributed by atoms with Crippen molar-refractivity contribution >= 4 is 5.91 Å². The standard InChI is InChI=1S/C9H14F3N3O/c1-3-14-8(16)6-15(2)5-7(4-13)9(10,11)12/h7H,3,5-6H2,1-2H3,(H,14,16). The van der Waals surface area contributed by atoms with Gasteiger partial charge in [-0.15, -0.1) is 0 Å². The fourth-order valence-electron chi connectivity index (χ4n) is 1.09. The van der Waals surface area contributed by atoms with Gasteiger partial charge in [-0.2, -0.15) is 18.4 Å². The van der Waals surface area contributed by atoms with E-state index in [0.717, 1.165) is 0 Å². The van der Waals surface area contributed by atoms with E-state index in [2.05, 4.69) is 5.32 Å². The number of nitrogens with zero attached hydrogens (tertiary/aromatic N) is 2. The quantitative estimate of drug-likeness (QED) is 0.768. The Bertz CT molecular complexity index is 272. The lowest BCUT2D eigenvalue weighted by molar-refractivity contribution is -0.163. The van der Waals surface area contributed by atoms with Crippen LogP contribution in [-0.4, -0.2) is 43.7 Å². The van der Waals surface area contributed by atoms with Gasteiger partial charge < -0.3 is 5.32 Å². The minimum absolute atomic E-state index is 0.151. The van der Waals surface area contributed by atoms with Crippen LogP contribution in [-0.2, 0) is 4.79 Å². The van der Waals surface area contributed by atoms with Gasteiger partial charge >= 0.3 is 6.18 Å². The summed E-state index contributed by atoms with van der Waals surface area (Å²) < 4.78 is 36.6. The summed E-state index contributed by atoms with van der Waals surface area (Å²) in [5.41, 5.74) is 0. The highest BCUT2D eigenvalue weighted by molar-refractivity contribution is 5.77. The number of nitrogens with one attached hydrogen (secondary N) is 1. The van der Waals surface area contributed by atoms with Crippen LogP contribution in [0.2, 0.25) is 0 Å². The average molecular weight is 237 g/mol. The normalized spacial score (nSPS) is 13.3. The topological polar surface area (TPSA) is 56.1 Å². The molecule has 0 aromatic carbocycles. The number of likely N-dealkylation sites (N-methyl/N-ethyl adjacent to an activating group) is 2. The first-order valence-corrected chi connectivity index (χ1v) is 4.72. The summed E-state index contributed by atoms with van der Waals surface area (Å²) in [7, 11) is 1.37. The van der Waals surface area contributed by atoms with Gasteiger partial charge in [0.15, 0.2) is 5.92 Å². The molecule has 1 unspecified atom stereocenters. The maximum absolute atomic E-state index is 12.2. The minimum Gasteiger partial charge on any atom is -0.355 e. The zero-order valence-electron chi connectivity index (χ0n) is 9.14. The average Bonchev–Trinajstić information content (AvgIpc) is 2.12. The fourth-order valence-corrected chi connectivity index (χ4v) is 1.09. The monoisotopic (exact) mass is 237 g/mol. The molecule has 1 amide bonds. The van der Waals surface area contributed by atoms with Crippen molar-refractivity contribution in [1.82, 2.24) is 10.2 Å². The van der Waals surface area contributed by atoms with E-state index in [0.29, 0.717) is 6.54 Å². The second kappa shape index (κ2) is 6.33. The predicted octanol–water partition coefficient (Wildman–Crippen LogP) is 0.756. The van der Waals surface area contributed by atoms with Crippen LogP contribution in [0.4, 0.5) is 13.2 Å². The number of carbonyl (C=O) groups excluding carboxylic acids is 1. The van der Waals surface area contributed by atoms with Crippen molar-refractivity contribution in [2.75, 3.05) is 26.7 Å². The van der Waals surface area contributed by atoms with Crippen molar-refractivity contribution < 1.29 is 18.0 Å². The van der Waals surface area contributed by atoms with E-state index in [4.69, 9.17) is 5.26 Å². The Morgan fingerprint density at radius 1 is 1.56 bits per heavy atom. The molecule has 0 saturated heterocycles. The van der Waals surface area contributed by atoms with E-state index < -0.39 is 18.6 Å². The first kappa shape index (κ1) is 14.7. The molecule has 0 saturated carbocycles. The molecule has 7 heteroatoms. The summed E-state index contributed by atoms with van der Waals surface area (Å²) in [6.45, 7) is 1.48. The van der Waals surface area contributed by atoms with Gasteiger partial charge in [-0.25, -0.2) is 0 Å². The van der Waals surface area contributed by atoms with E-state index in [1.165, 1.54) is 18.0 Å². The van der Waals surface area contributed by atoms with Crippen molar-refractivity contribution in [2.45, 2.75) is 13.1 Å². The van der Waals surface area contributed by atoms with Gasteiger partial charge in [0, 0.05) is 13.1 Å². The Kier molecular flexibility index (Phi) is 5.82. The number of nitriles is 1. The zero-order valence-corrected chi connectivity index (χ0v) is 9.14. The molecule has 16 heavy (non-hydrogen) atoms. The van der Waals surface area contributed by atoms with Gasteiger partial charge in [-0.05, 0) is 14.0 Å². The summed E-state index contributed by atoms with van der Waals surface area (Å²) in [5.74, 6) is -2.42. The Labute approximate surface area is 92.0 Å². The second-order valence-corrected chi connectivity index (χ2v) is 3.37. The number of rotatable bonds is 5. The molecule has 0 heterocycles. The molecule has 1 atom stereocenters. The molecule has 0 radical (unpaired) electrons. The molecule has 0 aromatic rings. The molecule has 92 valence electrons. The Hall–Kier alpha value is -1.29. The molecule has 0 aliphatic heterocycles. The van der Waals surface area contributed by atoms with Crippen LogP contribution in [0, 0.1) is 17.2 Å². The summed E-state index contributed by atoms with van der Waals surface area (Å²) in [6, 6.07) is 1.18. The Morgan fingerprint density at radius 2 is 2.12 bits per heavy atom. The van der Waals surface area contributed by atoms with Crippen LogP contribution in [0.25, 0.3) is 0 Å². The molecule has 0 rings (SSSR count). The van der Waals surface area contributed by atoms with Gasteiger partial charge in [0.25, 0.3) is 0 Å². The van der Waals surface area contributed by atoms with Crippen LogP contribution in [0.15, 0.2) is 0 Å². The second-order valence-electron chi connectivity index (χ2n) is 3.37. The van der Waals surface area contributed by atoms with E-state index in [-0.39, 0.29) is 12.5 Å². The van der Waals surface area contributed by atoms with Crippen molar-refractivity contribution in [2.24, 2.45) is 5.92 Å². The largest absolute Gasteiger partial charge is 0.405 e. The molecule has 4 nitrogen and oxygen atoms in total. The van der Waals surface area contributed by atoms with E-state index >= 15 is 0 Å². The molecule has 0 aliphatic rings. The first-order chi connectivity index (χ1) is 7.31. The number of halogens is 3. The third-order valence-corrected chi connectivity index (χ3v) is 1.83. The molecule has 0 fully saturated rings. The van der Waals surface area contributed by atoms with Gasteiger partial charge in [0.2, 0.25) is 5.91 Å². The lowest BCUT2D eigenvalue weighted by atomic mass is 10.1. The lowest BCUT2D eigenvalue weighted by Crippen LogP contribution is -2.40. The number of alkyl halides is 3. The van der Waals surface area contributed by atoms with E-state index in [9.17, 15) is 18.0 Å². The summed E-state index contributed by atoms with van der Waals surface area (Å²) in [4.78, 5) is 12.2. The highest BCUT2D eigenvalue weighted by Crippen LogP contribution is 2.25. The summed E-state index contributed by atoms with van der Waals surface area (Å²) >= 11 is 0. The van der Waals surface area contributed by atoms with Crippen LogP contribution in [0.5, 0.6) is 0 Å². The fraction of sp³-hybridized carbons (Fsp3) is 0.778. The molecule has 0 spiro atoms. The van der Waals surface area contributed by atoms with Gasteiger partial charge in [-0.3, -0.25) is 9.69 Å². The summed E-state index contributed by atoms with van der Waals surface area (Å²) in [5, 5.41) is 10.8. The predicted molar refractivity (Wildman–Crippen MR) is 51.3 cm³/mol. The first-order valence-electron chi connectivity index (χ1n) is 4.72. The third kappa shape index (κ3) is 5.56. The molecular weight excluding hydrogens is 223 g/mol. The highest BCUT2D eigenvalue weighted by atomic mass is 19.4.